The molecule has 0 aromatic carbocycles. The lowest BCUT2D eigenvalue weighted by Crippen LogP contribution is -2.56. The molecule has 4 unspecified atom stereocenters. The highest BCUT2D eigenvalue weighted by molar-refractivity contribution is 5.93. The van der Waals surface area contributed by atoms with Crippen LogP contribution in [0.1, 0.15) is 40.5 Å². The molecule has 3 amide bonds. The smallest absolute Gasteiger partial charge is 0.407 e. The number of hydrogen-bond acceptors (Lipinski definition) is 4. The van der Waals surface area contributed by atoms with Crippen molar-refractivity contribution in [2.75, 3.05) is 7.11 Å². The number of methoxy groups -OCH3 is 1. The fraction of sp³-hybridized carbons (Fsp3) is 0.812. The van der Waals surface area contributed by atoms with Crippen LogP contribution in [-0.4, -0.2) is 54.1 Å². The van der Waals surface area contributed by atoms with Gasteiger partial charge in [-0.2, -0.15) is 0 Å². The van der Waals surface area contributed by atoms with Crippen molar-refractivity contribution in [2.45, 2.75) is 64.7 Å². The minimum atomic E-state index is -0.684. The van der Waals surface area contributed by atoms with Crippen molar-refractivity contribution in [1.29, 1.82) is 0 Å². The van der Waals surface area contributed by atoms with Gasteiger partial charge in [0.2, 0.25) is 11.8 Å². The third-order valence-electron chi connectivity index (χ3n) is 4.48. The highest BCUT2D eigenvalue weighted by Gasteiger charge is 2.57. The van der Waals surface area contributed by atoms with Crippen LogP contribution in [-0.2, 0) is 14.3 Å². The number of likely N-dealkylation sites (tertiary alicyclic amines) is 1. The molecule has 0 spiro atoms. The van der Waals surface area contributed by atoms with Gasteiger partial charge in [0.1, 0.15) is 12.1 Å². The Labute approximate surface area is 137 Å². The summed E-state index contributed by atoms with van der Waals surface area (Å²) >= 11 is 0. The third kappa shape index (κ3) is 3.76. The van der Waals surface area contributed by atoms with E-state index in [2.05, 4.69) is 15.4 Å². The lowest BCUT2D eigenvalue weighted by molar-refractivity contribution is -0.142. The maximum Gasteiger partial charge on any atom is 0.407 e. The van der Waals surface area contributed by atoms with Crippen LogP contribution >= 0.6 is 0 Å². The van der Waals surface area contributed by atoms with Gasteiger partial charge in [0.25, 0.3) is 0 Å². The summed E-state index contributed by atoms with van der Waals surface area (Å²) in [6.45, 7) is 7.52. The molecule has 4 atom stereocenters. The molecule has 2 N–H and O–H groups in total. The molecule has 130 valence electrons. The van der Waals surface area contributed by atoms with Crippen molar-refractivity contribution in [3.63, 3.8) is 0 Å². The second kappa shape index (κ2) is 6.76. The molecule has 0 aromatic rings. The van der Waals surface area contributed by atoms with Crippen LogP contribution in [0.25, 0.3) is 0 Å². The van der Waals surface area contributed by atoms with Crippen molar-refractivity contribution >= 4 is 17.9 Å². The van der Waals surface area contributed by atoms with Gasteiger partial charge in [0.05, 0.1) is 7.11 Å². The quantitative estimate of drug-likeness (QED) is 0.785. The first kappa shape index (κ1) is 17.6. The monoisotopic (exact) mass is 325 g/mol. The fourth-order valence-corrected chi connectivity index (χ4v) is 3.25. The van der Waals surface area contributed by atoms with Gasteiger partial charge in [-0.05, 0) is 38.5 Å². The highest BCUT2D eigenvalue weighted by Crippen LogP contribution is 2.48. The minimum absolute atomic E-state index is 0.0328. The standard InChI is InChI=1S/C16H27N3O4/c1-8(2)13(18-16(22)23-5)15(21)19-11-6-10(11)7-12(19)14(20)17-9(3)4/h8-13H,6-7H2,1-5H3,(H,17,20)(H,18,22). The van der Waals surface area contributed by atoms with Gasteiger partial charge >= 0.3 is 6.09 Å². The number of amides is 3. The molecule has 7 heteroatoms. The molecule has 0 radical (unpaired) electrons. The van der Waals surface area contributed by atoms with Gasteiger partial charge in [0.15, 0.2) is 0 Å². The van der Waals surface area contributed by atoms with Gasteiger partial charge in [-0.1, -0.05) is 13.8 Å². The van der Waals surface area contributed by atoms with Crippen LogP contribution in [0.2, 0.25) is 0 Å². The number of ether oxygens (including phenoxy) is 1. The normalized spacial score (nSPS) is 26.7. The van der Waals surface area contributed by atoms with Crippen LogP contribution in [0.4, 0.5) is 4.79 Å². The number of piperidine rings is 1. The van der Waals surface area contributed by atoms with E-state index in [-0.39, 0.29) is 29.8 Å². The predicted octanol–water partition coefficient (Wildman–Crippen LogP) is 0.881. The number of nitrogens with zero attached hydrogens (tertiary/aromatic N) is 1. The Morgan fingerprint density at radius 3 is 2.26 bits per heavy atom. The van der Waals surface area contributed by atoms with Crippen LogP contribution in [0, 0.1) is 11.8 Å². The van der Waals surface area contributed by atoms with Gasteiger partial charge in [-0.25, -0.2) is 4.79 Å². The Morgan fingerprint density at radius 1 is 1.09 bits per heavy atom. The van der Waals surface area contributed by atoms with E-state index >= 15 is 0 Å². The molecule has 23 heavy (non-hydrogen) atoms. The Balaban J connectivity index is 2.13. The lowest BCUT2D eigenvalue weighted by Gasteiger charge is -2.32. The number of carbonyl (C=O) groups is 3. The van der Waals surface area contributed by atoms with E-state index < -0.39 is 18.2 Å². The zero-order chi connectivity index (χ0) is 17.3. The summed E-state index contributed by atoms with van der Waals surface area (Å²) in [7, 11) is 1.27. The Bertz CT molecular complexity index is 492. The largest absolute Gasteiger partial charge is 0.453 e. The highest BCUT2D eigenvalue weighted by atomic mass is 16.5. The second-order valence-corrected chi connectivity index (χ2v) is 7.08. The van der Waals surface area contributed by atoms with Gasteiger partial charge in [-0.15, -0.1) is 0 Å². The maximum atomic E-state index is 13.0. The number of rotatable bonds is 5. The molecule has 2 rings (SSSR count). The Hall–Kier alpha value is -1.79. The molecule has 1 heterocycles. The van der Waals surface area contributed by atoms with Crippen LogP contribution in [0.15, 0.2) is 0 Å². The van der Waals surface area contributed by atoms with E-state index in [4.69, 9.17) is 0 Å². The zero-order valence-electron chi connectivity index (χ0n) is 14.5. The van der Waals surface area contributed by atoms with Crippen LogP contribution in [0.5, 0.6) is 0 Å². The van der Waals surface area contributed by atoms with E-state index in [9.17, 15) is 14.4 Å². The lowest BCUT2D eigenvalue weighted by atomic mass is 10.0. The average Bonchev–Trinajstić information content (AvgIpc) is 3.13. The average molecular weight is 325 g/mol. The summed E-state index contributed by atoms with van der Waals surface area (Å²) in [5, 5.41) is 5.48. The van der Waals surface area contributed by atoms with Crippen LogP contribution < -0.4 is 10.6 Å². The summed E-state index contributed by atoms with van der Waals surface area (Å²) in [6, 6.07) is -0.956. The number of fused-ring (bicyclic) bond motifs is 1. The summed E-state index contributed by atoms with van der Waals surface area (Å²) in [5.41, 5.74) is 0. The molecular formula is C16H27N3O4. The molecule has 0 aromatic heterocycles. The minimum Gasteiger partial charge on any atom is -0.453 e. The first-order chi connectivity index (χ1) is 10.8. The Kier molecular flexibility index (Phi) is 5.16. The van der Waals surface area contributed by atoms with Crippen LogP contribution in [0.3, 0.4) is 0 Å². The molecule has 0 bridgehead atoms. The Morgan fingerprint density at radius 2 is 1.74 bits per heavy atom. The summed E-state index contributed by atoms with van der Waals surface area (Å²) in [6.07, 6.45) is 1.02. The van der Waals surface area contributed by atoms with E-state index in [1.54, 1.807) is 4.90 Å². The van der Waals surface area contributed by atoms with Crippen molar-refractivity contribution < 1.29 is 19.1 Å². The molecule has 1 saturated carbocycles. The molecule has 1 aliphatic heterocycles. The van der Waals surface area contributed by atoms with E-state index in [0.29, 0.717) is 12.3 Å². The molecule has 1 aliphatic carbocycles. The van der Waals surface area contributed by atoms with Crippen molar-refractivity contribution in [1.82, 2.24) is 15.5 Å². The van der Waals surface area contributed by atoms with Gasteiger partial charge in [0, 0.05) is 12.1 Å². The summed E-state index contributed by atoms with van der Waals surface area (Å²) < 4.78 is 4.61. The SMILES string of the molecule is COC(=O)NC(C(=O)N1C(C(=O)NC(C)C)CC2CC21)C(C)C. The van der Waals surface area contributed by atoms with E-state index in [0.717, 1.165) is 6.42 Å². The maximum absolute atomic E-state index is 13.0. The zero-order valence-corrected chi connectivity index (χ0v) is 14.5. The third-order valence-corrected chi connectivity index (χ3v) is 4.48. The number of carbonyl (C=O) groups excluding carboxylic acids is 3. The van der Waals surface area contributed by atoms with Crippen molar-refractivity contribution in [3.05, 3.63) is 0 Å². The first-order valence-corrected chi connectivity index (χ1v) is 8.23. The summed E-state index contributed by atoms with van der Waals surface area (Å²) in [4.78, 5) is 38.5. The molecular weight excluding hydrogens is 298 g/mol. The van der Waals surface area contributed by atoms with E-state index in [1.807, 2.05) is 27.7 Å². The fourth-order valence-electron chi connectivity index (χ4n) is 3.25. The van der Waals surface area contributed by atoms with Crippen molar-refractivity contribution in [3.8, 4) is 0 Å². The van der Waals surface area contributed by atoms with Crippen molar-refractivity contribution in [2.24, 2.45) is 11.8 Å². The summed E-state index contributed by atoms with van der Waals surface area (Å²) in [5.74, 6) is 0.0152. The number of nitrogens with one attached hydrogen (secondary N) is 2. The molecule has 7 nitrogen and oxygen atoms in total. The molecule has 1 saturated heterocycles. The van der Waals surface area contributed by atoms with Gasteiger partial charge < -0.3 is 20.3 Å². The first-order valence-electron chi connectivity index (χ1n) is 8.23. The van der Waals surface area contributed by atoms with Gasteiger partial charge in [-0.3, -0.25) is 9.59 Å². The second-order valence-electron chi connectivity index (χ2n) is 7.08. The topological polar surface area (TPSA) is 87.7 Å². The predicted molar refractivity (Wildman–Crippen MR) is 84.6 cm³/mol. The van der Waals surface area contributed by atoms with E-state index in [1.165, 1.54) is 7.11 Å². The molecule has 2 aliphatic rings. The number of alkyl carbamates (subject to hydrolysis) is 1. The number of hydrogen-bond donors (Lipinski definition) is 2. The molecule has 2 fully saturated rings.